The van der Waals surface area contributed by atoms with Crippen molar-refractivity contribution in [1.29, 1.82) is 0 Å². The van der Waals surface area contributed by atoms with E-state index >= 15 is 0 Å². The van der Waals surface area contributed by atoms with Gasteiger partial charge in [-0.25, -0.2) is 0 Å². The number of fused-ring (bicyclic) bond motifs is 1. The summed E-state index contributed by atoms with van der Waals surface area (Å²) in [5.74, 6) is -0.0143. The van der Waals surface area contributed by atoms with Gasteiger partial charge >= 0.3 is 5.97 Å². The van der Waals surface area contributed by atoms with Crippen LogP contribution in [0.25, 0.3) is 10.8 Å². The fourth-order valence-electron chi connectivity index (χ4n) is 3.42. The molecule has 0 saturated heterocycles. The number of esters is 1. The molecule has 174 valence electrons. The molecular weight excluding hydrogens is 416 g/mol. The molecule has 32 heavy (non-hydrogen) atoms. The molecule has 2 aromatic rings. The minimum Gasteiger partial charge on any atom is -0.496 e. The molecule has 0 aliphatic rings. The number of allylic oxidation sites excluding steroid dienone is 1. The Hall–Kier alpha value is -3.17. The van der Waals surface area contributed by atoms with Crippen molar-refractivity contribution in [2.45, 2.75) is 52.2 Å². The van der Waals surface area contributed by atoms with Gasteiger partial charge in [0, 0.05) is 12.0 Å². The summed E-state index contributed by atoms with van der Waals surface area (Å²) >= 11 is 0. The topological polar surface area (TPSA) is 127 Å². The SMILES string of the molecule is COc1cc([C@@H](CC=C(C)C)OC(=O)CC(C)(C)O)c(OC)c2c(N=O)ccc(NO)c12. The summed E-state index contributed by atoms with van der Waals surface area (Å²) in [5, 5.41) is 23.4. The zero-order chi connectivity index (χ0) is 24.1. The molecule has 0 bridgehead atoms. The van der Waals surface area contributed by atoms with Crippen molar-refractivity contribution >= 4 is 28.1 Å². The van der Waals surface area contributed by atoms with E-state index in [1.54, 1.807) is 6.07 Å². The molecule has 0 amide bonds. The summed E-state index contributed by atoms with van der Waals surface area (Å²) in [7, 11) is 2.87. The van der Waals surface area contributed by atoms with Crippen molar-refractivity contribution in [1.82, 2.24) is 0 Å². The second-order valence-electron chi connectivity index (χ2n) is 8.27. The summed E-state index contributed by atoms with van der Waals surface area (Å²) in [5.41, 5.74) is 2.68. The van der Waals surface area contributed by atoms with Crippen LogP contribution in [0.2, 0.25) is 0 Å². The highest BCUT2D eigenvalue weighted by Crippen LogP contribution is 2.48. The van der Waals surface area contributed by atoms with Crippen LogP contribution < -0.4 is 15.0 Å². The second kappa shape index (κ2) is 10.4. The number of nitrogens with one attached hydrogen (secondary N) is 1. The van der Waals surface area contributed by atoms with Gasteiger partial charge in [-0.15, -0.1) is 4.91 Å². The predicted molar refractivity (Wildman–Crippen MR) is 122 cm³/mol. The van der Waals surface area contributed by atoms with E-state index in [2.05, 4.69) is 10.7 Å². The Morgan fingerprint density at radius 3 is 2.41 bits per heavy atom. The summed E-state index contributed by atoms with van der Waals surface area (Å²) in [6, 6.07) is 4.56. The van der Waals surface area contributed by atoms with Gasteiger partial charge < -0.3 is 19.3 Å². The van der Waals surface area contributed by atoms with Crippen molar-refractivity contribution in [2.75, 3.05) is 19.7 Å². The minimum absolute atomic E-state index is 0.0692. The Morgan fingerprint density at radius 1 is 1.22 bits per heavy atom. The van der Waals surface area contributed by atoms with Gasteiger partial charge in [-0.05, 0) is 51.1 Å². The molecule has 0 aliphatic carbocycles. The monoisotopic (exact) mass is 446 g/mol. The van der Waals surface area contributed by atoms with Crippen LogP contribution in [0.1, 0.15) is 52.2 Å². The molecule has 0 spiro atoms. The van der Waals surface area contributed by atoms with Crippen molar-refractivity contribution in [3.05, 3.63) is 40.3 Å². The molecule has 0 aliphatic heterocycles. The summed E-state index contributed by atoms with van der Waals surface area (Å²) < 4.78 is 16.9. The number of ether oxygens (including phenoxy) is 3. The number of aliphatic hydroxyl groups is 1. The molecule has 2 rings (SSSR count). The van der Waals surface area contributed by atoms with Gasteiger partial charge in [0.25, 0.3) is 0 Å². The third kappa shape index (κ3) is 5.74. The lowest BCUT2D eigenvalue weighted by Crippen LogP contribution is -2.25. The molecule has 0 saturated carbocycles. The van der Waals surface area contributed by atoms with Crippen molar-refractivity contribution in [3.8, 4) is 11.5 Å². The second-order valence-corrected chi connectivity index (χ2v) is 8.27. The zero-order valence-corrected chi connectivity index (χ0v) is 19.2. The summed E-state index contributed by atoms with van der Waals surface area (Å²) in [6.07, 6.45) is 1.24. The van der Waals surface area contributed by atoms with Crippen LogP contribution >= 0.6 is 0 Å². The highest BCUT2D eigenvalue weighted by molar-refractivity contribution is 6.08. The van der Waals surface area contributed by atoms with Crippen LogP contribution in [0.3, 0.4) is 0 Å². The molecule has 0 radical (unpaired) electrons. The van der Waals surface area contributed by atoms with E-state index in [-0.39, 0.29) is 23.5 Å². The Labute approximate surface area is 186 Å². The number of rotatable bonds is 10. The highest BCUT2D eigenvalue weighted by Gasteiger charge is 2.28. The van der Waals surface area contributed by atoms with Gasteiger partial charge in [-0.1, -0.05) is 11.6 Å². The number of hydrogen-bond donors (Lipinski definition) is 3. The average Bonchev–Trinajstić information content (AvgIpc) is 2.73. The molecule has 0 heterocycles. The van der Waals surface area contributed by atoms with E-state index in [1.807, 2.05) is 19.9 Å². The van der Waals surface area contributed by atoms with Crippen molar-refractivity contribution < 1.29 is 29.3 Å². The van der Waals surface area contributed by atoms with E-state index in [4.69, 9.17) is 14.2 Å². The number of nitroso groups, excluding NO2 is 1. The summed E-state index contributed by atoms with van der Waals surface area (Å²) in [4.78, 5) is 24.1. The van der Waals surface area contributed by atoms with Crippen molar-refractivity contribution in [3.63, 3.8) is 0 Å². The maximum atomic E-state index is 12.5. The number of methoxy groups -OCH3 is 2. The van der Waals surface area contributed by atoms with E-state index in [0.717, 1.165) is 5.57 Å². The van der Waals surface area contributed by atoms with E-state index < -0.39 is 17.7 Å². The maximum absolute atomic E-state index is 12.5. The fraction of sp³-hybridized carbons (Fsp3) is 0.435. The third-order valence-corrected chi connectivity index (χ3v) is 4.79. The van der Waals surface area contributed by atoms with Gasteiger partial charge in [-0.2, -0.15) is 0 Å². The molecule has 2 aromatic carbocycles. The molecule has 9 nitrogen and oxygen atoms in total. The lowest BCUT2D eigenvalue weighted by Gasteiger charge is -2.24. The van der Waals surface area contributed by atoms with Crippen LogP contribution in [0.5, 0.6) is 11.5 Å². The number of carbonyl (C=O) groups excluding carboxylic acids is 1. The number of carbonyl (C=O) groups is 1. The first-order valence-corrected chi connectivity index (χ1v) is 10.1. The van der Waals surface area contributed by atoms with Gasteiger partial charge in [0.2, 0.25) is 0 Å². The first-order valence-electron chi connectivity index (χ1n) is 10.1. The van der Waals surface area contributed by atoms with Crippen LogP contribution in [0.15, 0.2) is 35.0 Å². The number of hydrogen-bond acceptors (Lipinski definition) is 9. The number of nitrogens with zero attached hydrogens (tertiary/aromatic N) is 1. The predicted octanol–water partition coefficient (Wildman–Crippen LogP) is 5.16. The van der Waals surface area contributed by atoms with Gasteiger partial charge in [0.15, 0.2) is 0 Å². The molecular formula is C23H30N2O7. The van der Waals surface area contributed by atoms with Crippen molar-refractivity contribution in [2.24, 2.45) is 5.18 Å². The fourth-order valence-corrected chi connectivity index (χ4v) is 3.42. The normalized spacial score (nSPS) is 12.1. The Morgan fingerprint density at radius 2 is 1.91 bits per heavy atom. The Balaban J connectivity index is 2.79. The quantitative estimate of drug-likeness (QED) is 0.198. The molecule has 1 atom stereocenters. The maximum Gasteiger partial charge on any atom is 0.309 e. The Bertz CT molecular complexity index is 1020. The van der Waals surface area contributed by atoms with Crippen LogP contribution in [0, 0.1) is 4.91 Å². The largest absolute Gasteiger partial charge is 0.496 e. The lowest BCUT2D eigenvalue weighted by atomic mass is 9.96. The van der Waals surface area contributed by atoms with E-state index in [9.17, 15) is 20.0 Å². The third-order valence-electron chi connectivity index (χ3n) is 4.79. The summed E-state index contributed by atoms with van der Waals surface area (Å²) in [6.45, 7) is 6.87. The molecule has 9 heteroatoms. The first kappa shape index (κ1) is 25.1. The lowest BCUT2D eigenvalue weighted by molar-refractivity contribution is -0.153. The van der Waals surface area contributed by atoms with Gasteiger partial charge in [0.1, 0.15) is 23.3 Å². The standard InChI is InChI=1S/C23H30N2O7/c1-13(2)7-10-17(32-19(26)12-23(3,4)27)14-11-18(30-5)20-15(24-28)8-9-16(25-29)21(20)22(14)31-6/h7-9,11,17,24,27-28H,10,12H2,1-6H3/t17-/m1/s1. The first-order chi connectivity index (χ1) is 15.1. The van der Waals surface area contributed by atoms with E-state index in [0.29, 0.717) is 28.5 Å². The van der Waals surface area contributed by atoms with Gasteiger partial charge in [-0.3, -0.25) is 15.5 Å². The number of benzene rings is 2. The number of anilines is 1. The smallest absolute Gasteiger partial charge is 0.309 e. The van der Waals surface area contributed by atoms with E-state index in [1.165, 1.54) is 40.2 Å². The molecule has 3 N–H and O–H groups in total. The average molecular weight is 447 g/mol. The van der Waals surface area contributed by atoms with Crippen LogP contribution in [-0.2, 0) is 9.53 Å². The van der Waals surface area contributed by atoms with Crippen LogP contribution in [0.4, 0.5) is 11.4 Å². The molecule has 0 unspecified atom stereocenters. The van der Waals surface area contributed by atoms with Gasteiger partial charge in [0.05, 0.1) is 42.7 Å². The van der Waals surface area contributed by atoms with Crippen LogP contribution in [-0.4, -0.2) is 36.1 Å². The molecule has 0 fully saturated rings. The Kier molecular flexibility index (Phi) is 8.18. The zero-order valence-electron chi connectivity index (χ0n) is 19.2. The highest BCUT2D eigenvalue weighted by atomic mass is 16.5. The molecule has 0 aromatic heterocycles. The minimum atomic E-state index is -1.24.